The van der Waals surface area contributed by atoms with Gasteiger partial charge in [-0.15, -0.1) is 0 Å². The smallest absolute Gasteiger partial charge is 0.366 e. The molecule has 11 heteroatoms. The van der Waals surface area contributed by atoms with Gasteiger partial charge in [0, 0.05) is 30.2 Å². The summed E-state index contributed by atoms with van der Waals surface area (Å²) < 4.78 is 10.9. The Labute approximate surface area is 163 Å². The summed E-state index contributed by atoms with van der Waals surface area (Å²) in [6.07, 6.45) is 0.104. The molecule has 29 heavy (non-hydrogen) atoms. The molecule has 3 rings (SSSR count). The molecule has 1 aliphatic rings. The van der Waals surface area contributed by atoms with Crippen LogP contribution in [-0.4, -0.2) is 34.7 Å². The summed E-state index contributed by atoms with van der Waals surface area (Å²) in [4.78, 5) is 37.5. The normalized spacial score (nSPS) is 16.5. The fourth-order valence-corrected chi connectivity index (χ4v) is 2.77. The van der Waals surface area contributed by atoms with Gasteiger partial charge in [0.25, 0.3) is 11.4 Å². The lowest BCUT2D eigenvalue weighted by Crippen LogP contribution is -2.25. The molecule has 0 aliphatic carbocycles. The average Bonchev–Trinajstić information content (AvgIpc) is 2.70. The third-order valence-corrected chi connectivity index (χ3v) is 4.11. The second-order valence-corrected chi connectivity index (χ2v) is 6.16. The van der Waals surface area contributed by atoms with Gasteiger partial charge in [-0.05, 0) is 19.1 Å². The maximum absolute atomic E-state index is 12.3. The van der Waals surface area contributed by atoms with E-state index in [1.54, 1.807) is 18.2 Å². The van der Waals surface area contributed by atoms with Crippen LogP contribution in [0.5, 0.6) is 11.5 Å². The lowest BCUT2D eigenvalue weighted by Gasteiger charge is -2.24. The zero-order chi connectivity index (χ0) is 21.1. The first-order valence-corrected chi connectivity index (χ1v) is 8.35. The van der Waals surface area contributed by atoms with Gasteiger partial charge >= 0.3 is 5.97 Å². The molecule has 2 aromatic carbocycles. The van der Waals surface area contributed by atoms with Gasteiger partial charge in [-0.3, -0.25) is 20.2 Å². The molecule has 1 heterocycles. The van der Waals surface area contributed by atoms with Gasteiger partial charge in [-0.25, -0.2) is 4.79 Å². The largest absolute Gasteiger partial charge is 0.497 e. The topological polar surface area (TPSA) is 143 Å². The molecular weight excluding hydrogens is 386 g/mol. The van der Waals surface area contributed by atoms with Gasteiger partial charge in [-0.1, -0.05) is 5.16 Å². The number of oxime groups is 1. The molecule has 0 fully saturated rings. The van der Waals surface area contributed by atoms with Crippen molar-refractivity contribution in [2.24, 2.45) is 5.16 Å². The molecule has 1 unspecified atom stereocenters. The fourth-order valence-electron chi connectivity index (χ4n) is 2.77. The van der Waals surface area contributed by atoms with E-state index in [4.69, 9.17) is 14.3 Å². The molecule has 0 spiro atoms. The maximum atomic E-state index is 12.3. The zero-order valence-electron chi connectivity index (χ0n) is 15.4. The van der Waals surface area contributed by atoms with Crippen molar-refractivity contribution >= 4 is 23.1 Å². The predicted octanol–water partition coefficient (Wildman–Crippen LogP) is 3.24. The van der Waals surface area contributed by atoms with Crippen molar-refractivity contribution in [3.8, 4) is 11.5 Å². The minimum absolute atomic E-state index is 0.244. The SMILES string of the molecule is COc1ccc2c(c1)OC(C)C/C2=N/OC(=O)c1cc([N+](=O)[O-])cc([N+](=O)[O-])c1. The summed E-state index contributed by atoms with van der Waals surface area (Å²) in [5, 5.41) is 25.8. The van der Waals surface area contributed by atoms with Crippen LogP contribution in [0.3, 0.4) is 0 Å². The zero-order valence-corrected chi connectivity index (χ0v) is 15.4. The van der Waals surface area contributed by atoms with Gasteiger partial charge in [-0.2, -0.15) is 0 Å². The number of rotatable bonds is 5. The average molecular weight is 401 g/mol. The van der Waals surface area contributed by atoms with Crippen LogP contribution >= 0.6 is 0 Å². The van der Waals surface area contributed by atoms with E-state index in [1.807, 2.05) is 6.92 Å². The number of nitrogens with zero attached hydrogens (tertiary/aromatic N) is 3. The molecule has 0 radical (unpaired) electrons. The number of nitro groups is 2. The Morgan fingerprint density at radius 1 is 1.14 bits per heavy atom. The fraction of sp³-hybridized carbons (Fsp3) is 0.222. The Balaban J connectivity index is 1.90. The molecule has 2 aromatic rings. The van der Waals surface area contributed by atoms with Crippen molar-refractivity contribution in [3.63, 3.8) is 0 Å². The van der Waals surface area contributed by atoms with Crippen LogP contribution in [0.2, 0.25) is 0 Å². The second-order valence-electron chi connectivity index (χ2n) is 6.16. The van der Waals surface area contributed by atoms with E-state index in [-0.39, 0.29) is 11.7 Å². The van der Waals surface area contributed by atoms with Crippen molar-refractivity contribution < 1.29 is 29.0 Å². The third kappa shape index (κ3) is 4.29. The van der Waals surface area contributed by atoms with E-state index >= 15 is 0 Å². The summed E-state index contributed by atoms with van der Waals surface area (Å²) in [6, 6.07) is 7.60. The van der Waals surface area contributed by atoms with Crippen molar-refractivity contribution in [3.05, 3.63) is 67.8 Å². The first-order valence-electron chi connectivity index (χ1n) is 8.35. The number of carbonyl (C=O) groups excluding carboxylic acids is 1. The summed E-state index contributed by atoms with van der Waals surface area (Å²) in [7, 11) is 1.52. The van der Waals surface area contributed by atoms with Crippen LogP contribution in [-0.2, 0) is 4.84 Å². The molecule has 1 atom stereocenters. The van der Waals surface area contributed by atoms with Crippen molar-refractivity contribution in [1.29, 1.82) is 0 Å². The lowest BCUT2D eigenvalue weighted by molar-refractivity contribution is -0.394. The minimum atomic E-state index is -1.06. The molecule has 0 N–H and O–H groups in total. The summed E-state index contributed by atoms with van der Waals surface area (Å²) in [5.41, 5.74) is -0.534. The number of carbonyl (C=O) groups is 1. The highest BCUT2D eigenvalue weighted by Gasteiger charge is 2.25. The first-order chi connectivity index (χ1) is 13.8. The predicted molar refractivity (Wildman–Crippen MR) is 99.4 cm³/mol. The number of benzene rings is 2. The van der Waals surface area contributed by atoms with Crippen molar-refractivity contribution in [2.75, 3.05) is 7.11 Å². The van der Waals surface area contributed by atoms with Crippen molar-refractivity contribution in [2.45, 2.75) is 19.4 Å². The number of hydrogen-bond donors (Lipinski definition) is 0. The monoisotopic (exact) mass is 401 g/mol. The van der Waals surface area contributed by atoms with Crippen LogP contribution in [0.15, 0.2) is 41.6 Å². The van der Waals surface area contributed by atoms with Crippen molar-refractivity contribution in [1.82, 2.24) is 0 Å². The molecule has 1 aliphatic heterocycles. The molecule has 11 nitrogen and oxygen atoms in total. The lowest BCUT2D eigenvalue weighted by atomic mass is 10.0. The Hall–Kier alpha value is -4.02. The van der Waals surface area contributed by atoms with Crippen LogP contribution < -0.4 is 9.47 Å². The number of non-ortho nitro benzene ring substituents is 2. The van der Waals surface area contributed by atoms with Gasteiger partial charge in [0.1, 0.15) is 17.6 Å². The molecule has 0 bridgehead atoms. The van der Waals surface area contributed by atoms with Gasteiger partial charge in [0.2, 0.25) is 0 Å². The number of ether oxygens (including phenoxy) is 2. The van der Waals surface area contributed by atoms with E-state index in [1.165, 1.54) is 7.11 Å². The third-order valence-electron chi connectivity index (χ3n) is 4.11. The molecule has 0 amide bonds. The highest BCUT2D eigenvalue weighted by molar-refractivity contribution is 6.04. The molecule has 0 saturated carbocycles. The summed E-state index contributed by atoms with van der Waals surface area (Å²) >= 11 is 0. The van der Waals surface area contributed by atoms with Crippen LogP contribution in [0.25, 0.3) is 0 Å². The Bertz CT molecular complexity index is 1000. The van der Waals surface area contributed by atoms with E-state index in [2.05, 4.69) is 5.16 Å². The number of hydrogen-bond acceptors (Lipinski definition) is 9. The molecule has 150 valence electrons. The summed E-state index contributed by atoms with van der Waals surface area (Å²) in [6.45, 7) is 1.81. The molecule has 0 aromatic heterocycles. The number of fused-ring (bicyclic) bond motifs is 1. The van der Waals surface area contributed by atoms with E-state index in [0.717, 1.165) is 18.2 Å². The quantitative estimate of drug-likeness (QED) is 0.422. The maximum Gasteiger partial charge on any atom is 0.366 e. The Morgan fingerprint density at radius 2 is 1.79 bits per heavy atom. The van der Waals surface area contributed by atoms with Gasteiger partial charge in [0.05, 0.1) is 34.3 Å². The first kappa shape index (κ1) is 19.7. The highest BCUT2D eigenvalue weighted by atomic mass is 16.7. The van der Waals surface area contributed by atoms with Crippen LogP contribution in [0.4, 0.5) is 11.4 Å². The van der Waals surface area contributed by atoms with Crippen LogP contribution in [0, 0.1) is 20.2 Å². The van der Waals surface area contributed by atoms with Gasteiger partial charge < -0.3 is 14.3 Å². The second kappa shape index (κ2) is 7.92. The van der Waals surface area contributed by atoms with E-state index < -0.39 is 27.2 Å². The van der Waals surface area contributed by atoms with E-state index in [9.17, 15) is 25.0 Å². The van der Waals surface area contributed by atoms with E-state index in [0.29, 0.717) is 29.2 Å². The number of methoxy groups -OCH3 is 1. The number of nitro benzene ring substituents is 2. The van der Waals surface area contributed by atoms with Crippen LogP contribution in [0.1, 0.15) is 29.3 Å². The molecular formula is C18H15N3O8. The highest BCUT2D eigenvalue weighted by Crippen LogP contribution is 2.32. The molecule has 0 saturated heterocycles. The Kier molecular flexibility index (Phi) is 5.39. The minimum Gasteiger partial charge on any atom is -0.497 e. The Morgan fingerprint density at radius 3 is 2.38 bits per heavy atom. The van der Waals surface area contributed by atoms with Gasteiger partial charge in [0.15, 0.2) is 0 Å². The summed E-state index contributed by atoms with van der Waals surface area (Å²) in [5.74, 6) is 0.0282. The standard InChI is InChI=1S/C18H15N3O8/c1-10-5-16(15-4-3-14(27-2)9-17(15)28-10)19-29-18(22)11-6-12(20(23)24)8-13(7-11)21(25)26/h3-4,6-10H,5H2,1-2H3/b19-16-.